The highest BCUT2D eigenvalue weighted by atomic mass is 15.2. The van der Waals surface area contributed by atoms with Crippen molar-refractivity contribution in [2.75, 3.05) is 19.6 Å². The lowest BCUT2D eigenvalue weighted by Gasteiger charge is -2.16. The molecule has 1 saturated heterocycles. The molecule has 0 aromatic heterocycles. The molecule has 0 spiro atoms. The summed E-state index contributed by atoms with van der Waals surface area (Å²) in [6.07, 6.45) is 2.42. The van der Waals surface area contributed by atoms with Gasteiger partial charge >= 0.3 is 0 Å². The lowest BCUT2D eigenvalue weighted by Crippen LogP contribution is -2.32. The molecule has 0 unspecified atom stereocenters. The number of benzene rings is 2. The van der Waals surface area contributed by atoms with Crippen molar-refractivity contribution in [1.82, 2.24) is 10.2 Å². The molecule has 0 saturated carbocycles. The summed E-state index contributed by atoms with van der Waals surface area (Å²) in [6.45, 7) is 4.56. The van der Waals surface area contributed by atoms with E-state index in [2.05, 4.69) is 70.9 Å². The van der Waals surface area contributed by atoms with Crippen LogP contribution in [0.2, 0.25) is 0 Å². The van der Waals surface area contributed by atoms with Crippen molar-refractivity contribution in [3.63, 3.8) is 0 Å². The molecule has 110 valence electrons. The molecule has 1 aliphatic rings. The Balaban J connectivity index is 1.39. The van der Waals surface area contributed by atoms with E-state index in [4.69, 9.17) is 0 Å². The van der Waals surface area contributed by atoms with Gasteiger partial charge in [0.1, 0.15) is 0 Å². The Hall–Kier alpha value is -1.64. The predicted molar refractivity (Wildman–Crippen MR) is 88.3 cm³/mol. The first-order valence-electron chi connectivity index (χ1n) is 7.94. The summed E-state index contributed by atoms with van der Waals surface area (Å²) in [6, 6.07) is 22.1. The molecule has 21 heavy (non-hydrogen) atoms. The molecule has 1 heterocycles. The molecule has 2 heteroatoms. The molecule has 2 aromatic carbocycles. The standard InChI is InChI=1S/C19H24N2/c1-3-7-17(8-4-1)11-13-21-14-12-19(16-21)20-15-18-9-5-2-6-10-18/h1-10,19-20H,11-16H2/t19-/m1/s1. The van der Waals surface area contributed by atoms with Gasteiger partial charge in [-0.15, -0.1) is 0 Å². The van der Waals surface area contributed by atoms with Crippen LogP contribution in [-0.2, 0) is 13.0 Å². The summed E-state index contributed by atoms with van der Waals surface area (Å²) in [5.41, 5.74) is 2.82. The highest BCUT2D eigenvalue weighted by molar-refractivity contribution is 5.15. The molecule has 0 bridgehead atoms. The van der Waals surface area contributed by atoms with Crippen LogP contribution in [-0.4, -0.2) is 30.6 Å². The lowest BCUT2D eigenvalue weighted by atomic mass is 10.1. The molecule has 1 fully saturated rings. The van der Waals surface area contributed by atoms with Gasteiger partial charge in [-0.25, -0.2) is 0 Å². The highest BCUT2D eigenvalue weighted by Gasteiger charge is 2.21. The van der Waals surface area contributed by atoms with Crippen molar-refractivity contribution in [2.45, 2.75) is 25.4 Å². The Morgan fingerprint density at radius 2 is 1.57 bits per heavy atom. The van der Waals surface area contributed by atoms with Gasteiger partial charge in [0.05, 0.1) is 0 Å². The molecule has 3 rings (SSSR count). The third kappa shape index (κ3) is 4.42. The molecule has 2 aromatic rings. The van der Waals surface area contributed by atoms with Gasteiger partial charge in [-0.05, 0) is 30.5 Å². The van der Waals surface area contributed by atoms with Crippen molar-refractivity contribution in [2.24, 2.45) is 0 Å². The Bertz CT molecular complexity index is 474. The second kappa shape index (κ2) is 7.39. The van der Waals surface area contributed by atoms with Crippen LogP contribution in [0.25, 0.3) is 0 Å². The molecule has 1 N–H and O–H groups in total. The summed E-state index contributed by atoms with van der Waals surface area (Å²) in [5.74, 6) is 0. The highest BCUT2D eigenvalue weighted by Crippen LogP contribution is 2.11. The second-order valence-electron chi connectivity index (χ2n) is 5.89. The first-order chi connectivity index (χ1) is 10.4. The number of nitrogens with zero attached hydrogens (tertiary/aromatic N) is 1. The van der Waals surface area contributed by atoms with Crippen molar-refractivity contribution >= 4 is 0 Å². The van der Waals surface area contributed by atoms with E-state index in [9.17, 15) is 0 Å². The molecule has 2 nitrogen and oxygen atoms in total. The van der Waals surface area contributed by atoms with Gasteiger partial charge in [-0.3, -0.25) is 0 Å². The van der Waals surface area contributed by atoms with Gasteiger partial charge in [-0.2, -0.15) is 0 Å². The van der Waals surface area contributed by atoms with Gasteiger partial charge < -0.3 is 10.2 Å². The fourth-order valence-corrected chi connectivity index (χ4v) is 2.99. The van der Waals surface area contributed by atoms with E-state index in [-0.39, 0.29) is 0 Å². The van der Waals surface area contributed by atoms with Crippen molar-refractivity contribution in [3.8, 4) is 0 Å². The minimum atomic E-state index is 0.640. The minimum absolute atomic E-state index is 0.640. The smallest absolute Gasteiger partial charge is 0.0210 e. The Labute approximate surface area is 127 Å². The second-order valence-corrected chi connectivity index (χ2v) is 5.89. The quantitative estimate of drug-likeness (QED) is 0.875. The van der Waals surface area contributed by atoms with Crippen molar-refractivity contribution < 1.29 is 0 Å². The normalized spacial score (nSPS) is 19.0. The summed E-state index contributed by atoms with van der Waals surface area (Å²) < 4.78 is 0. The lowest BCUT2D eigenvalue weighted by molar-refractivity contribution is 0.331. The first-order valence-corrected chi connectivity index (χ1v) is 7.94. The van der Waals surface area contributed by atoms with E-state index in [0.29, 0.717) is 6.04 Å². The fourth-order valence-electron chi connectivity index (χ4n) is 2.99. The van der Waals surface area contributed by atoms with Crippen LogP contribution in [0.15, 0.2) is 60.7 Å². The molecular formula is C19H24N2. The SMILES string of the molecule is c1ccc(CCN2CC[C@@H](NCc3ccccc3)C2)cc1. The Morgan fingerprint density at radius 3 is 2.29 bits per heavy atom. The minimum Gasteiger partial charge on any atom is -0.309 e. The fraction of sp³-hybridized carbons (Fsp3) is 0.368. The van der Waals surface area contributed by atoms with Crippen LogP contribution < -0.4 is 5.32 Å². The number of likely N-dealkylation sites (tertiary alicyclic amines) is 1. The van der Waals surface area contributed by atoms with Crippen LogP contribution in [0.3, 0.4) is 0 Å². The van der Waals surface area contributed by atoms with E-state index in [1.54, 1.807) is 0 Å². The topological polar surface area (TPSA) is 15.3 Å². The molecule has 1 atom stereocenters. The van der Waals surface area contributed by atoms with Gasteiger partial charge in [-0.1, -0.05) is 60.7 Å². The average Bonchev–Trinajstić information content (AvgIpc) is 3.01. The third-order valence-corrected chi connectivity index (χ3v) is 4.27. The van der Waals surface area contributed by atoms with Crippen LogP contribution in [0, 0.1) is 0 Å². The predicted octanol–water partition coefficient (Wildman–Crippen LogP) is 3.09. The molecule has 0 amide bonds. The van der Waals surface area contributed by atoms with E-state index >= 15 is 0 Å². The maximum absolute atomic E-state index is 3.68. The maximum Gasteiger partial charge on any atom is 0.0210 e. The van der Waals surface area contributed by atoms with E-state index in [1.807, 2.05) is 0 Å². The zero-order valence-electron chi connectivity index (χ0n) is 12.5. The maximum atomic E-state index is 3.68. The van der Waals surface area contributed by atoms with Gasteiger partial charge in [0.2, 0.25) is 0 Å². The van der Waals surface area contributed by atoms with Crippen LogP contribution in [0.1, 0.15) is 17.5 Å². The monoisotopic (exact) mass is 280 g/mol. The van der Waals surface area contributed by atoms with Gasteiger partial charge in [0.25, 0.3) is 0 Å². The zero-order valence-corrected chi connectivity index (χ0v) is 12.5. The number of hydrogen-bond acceptors (Lipinski definition) is 2. The van der Waals surface area contributed by atoms with Gasteiger partial charge in [0.15, 0.2) is 0 Å². The van der Waals surface area contributed by atoms with Crippen molar-refractivity contribution in [1.29, 1.82) is 0 Å². The largest absolute Gasteiger partial charge is 0.309 e. The molecule has 0 radical (unpaired) electrons. The van der Waals surface area contributed by atoms with E-state index < -0.39 is 0 Å². The van der Waals surface area contributed by atoms with Crippen LogP contribution >= 0.6 is 0 Å². The Kier molecular flexibility index (Phi) is 5.03. The number of rotatable bonds is 6. The molecule has 0 aliphatic carbocycles. The van der Waals surface area contributed by atoms with Crippen LogP contribution in [0.5, 0.6) is 0 Å². The molecule has 1 aliphatic heterocycles. The molecular weight excluding hydrogens is 256 g/mol. The number of hydrogen-bond donors (Lipinski definition) is 1. The van der Waals surface area contributed by atoms with Crippen LogP contribution in [0.4, 0.5) is 0 Å². The third-order valence-electron chi connectivity index (χ3n) is 4.27. The summed E-state index contributed by atoms with van der Waals surface area (Å²) >= 11 is 0. The van der Waals surface area contributed by atoms with Gasteiger partial charge in [0, 0.05) is 25.7 Å². The summed E-state index contributed by atoms with van der Waals surface area (Å²) in [4.78, 5) is 2.58. The van der Waals surface area contributed by atoms with Crippen molar-refractivity contribution in [3.05, 3.63) is 71.8 Å². The van der Waals surface area contributed by atoms with E-state index in [0.717, 1.165) is 13.0 Å². The summed E-state index contributed by atoms with van der Waals surface area (Å²) in [7, 11) is 0. The average molecular weight is 280 g/mol. The summed E-state index contributed by atoms with van der Waals surface area (Å²) in [5, 5.41) is 3.68. The Morgan fingerprint density at radius 1 is 0.905 bits per heavy atom. The van der Waals surface area contributed by atoms with E-state index in [1.165, 1.54) is 37.2 Å². The number of nitrogens with one attached hydrogen (secondary N) is 1. The first kappa shape index (κ1) is 14.3. The zero-order chi connectivity index (χ0) is 14.3.